The van der Waals surface area contributed by atoms with Crippen molar-refractivity contribution in [1.82, 2.24) is 15.5 Å². The van der Waals surface area contributed by atoms with Gasteiger partial charge < -0.3 is 20.6 Å². The second-order valence-electron chi connectivity index (χ2n) is 13.2. The molecule has 0 aliphatic carbocycles. The Hall–Kier alpha value is -2.06. The Morgan fingerprint density at radius 3 is 2.45 bits per heavy atom. The van der Waals surface area contributed by atoms with E-state index in [9.17, 15) is 19.5 Å². The third-order valence-corrected chi connectivity index (χ3v) is 10.1. The second-order valence-corrected chi connectivity index (χ2v) is 14.8. The zero-order valence-corrected chi connectivity index (χ0v) is 24.6. The maximum absolute atomic E-state index is 14.3. The van der Waals surface area contributed by atoms with Gasteiger partial charge in [0.05, 0.1) is 29.2 Å². The van der Waals surface area contributed by atoms with Crippen LogP contribution in [0.5, 0.6) is 0 Å². The first-order valence-electron chi connectivity index (χ1n) is 14.1. The fourth-order valence-corrected chi connectivity index (χ4v) is 9.57. The van der Waals surface area contributed by atoms with Gasteiger partial charge in [-0.3, -0.25) is 14.4 Å². The number of carbonyl (C=O) groups is 3. The van der Waals surface area contributed by atoms with Crippen molar-refractivity contribution in [2.75, 3.05) is 13.2 Å². The summed E-state index contributed by atoms with van der Waals surface area (Å²) in [6.45, 7) is 12.8. The number of thioether (sulfide) groups is 1. The molecule has 2 unspecified atom stereocenters. The van der Waals surface area contributed by atoms with Crippen molar-refractivity contribution in [2.24, 2.45) is 17.3 Å². The molecule has 1 aromatic carbocycles. The second kappa shape index (κ2) is 10.8. The first-order valence-corrected chi connectivity index (χ1v) is 15.0. The molecule has 3 fully saturated rings. The molecule has 1 spiro atoms. The van der Waals surface area contributed by atoms with Crippen LogP contribution in [-0.2, 0) is 20.8 Å². The van der Waals surface area contributed by atoms with Gasteiger partial charge in [-0.1, -0.05) is 58.0 Å². The summed E-state index contributed by atoms with van der Waals surface area (Å²) >= 11 is 1.67. The van der Waals surface area contributed by atoms with Crippen molar-refractivity contribution >= 4 is 29.5 Å². The number of hydrogen-bond acceptors (Lipinski definition) is 5. The lowest BCUT2D eigenvalue weighted by Crippen LogP contribution is -2.60. The lowest BCUT2D eigenvalue weighted by Gasteiger charge is -2.40. The van der Waals surface area contributed by atoms with Crippen LogP contribution >= 0.6 is 11.8 Å². The third-order valence-electron chi connectivity index (χ3n) is 8.19. The number of aliphatic hydroxyl groups is 1. The van der Waals surface area contributed by atoms with Crippen LogP contribution in [0.4, 0.5) is 0 Å². The highest BCUT2D eigenvalue weighted by Crippen LogP contribution is 2.66. The van der Waals surface area contributed by atoms with E-state index in [1.54, 1.807) is 16.7 Å². The molecule has 2 bridgehead atoms. The van der Waals surface area contributed by atoms with Crippen LogP contribution in [-0.4, -0.2) is 68.5 Å². The smallest absolute Gasteiger partial charge is 0.244 e. The van der Waals surface area contributed by atoms with Crippen molar-refractivity contribution in [3.63, 3.8) is 0 Å². The van der Waals surface area contributed by atoms with Crippen LogP contribution < -0.4 is 10.6 Å². The molecule has 6 atom stereocenters. The highest BCUT2D eigenvalue weighted by Gasteiger charge is 2.74. The van der Waals surface area contributed by atoms with Gasteiger partial charge in [0.1, 0.15) is 6.04 Å². The van der Waals surface area contributed by atoms with Gasteiger partial charge in [0, 0.05) is 17.3 Å². The molecule has 3 heterocycles. The number of nitrogens with one attached hydrogen (secondary N) is 2. The zero-order valence-electron chi connectivity index (χ0n) is 23.8. The third kappa shape index (κ3) is 5.48. The molecule has 8 heteroatoms. The number of benzene rings is 1. The molecule has 3 aliphatic rings. The quantitative estimate of drug-likeness (QED) is 0.419. The molecule has 3 amide bonds. The standard InChI is InChI=1S/C30H45N3O4S/c1-7-15-31-25(35)22-21-13-14-30(38-21)23(22)27(37)33(20(17-34)16-19-11-9-8-10-12-19)24(30)26(36)32-29(5,6)18-28(2,3)4/h8-12,20-24,34H,7,13-18H2,1-6H3,(H,31,35)(H,32,36)/t20-,21-,22+,23+,24?,30?/m1/s1. The van der Waals surface area contributed by atoms with Crippen LogP contribution in [0.15, 0.2) is 30.3 Å². The number of fused-ring (bicyclic) bond motifs is 1. The number of carbonyl (C=O) groups excluding carboxylic acids is 3. The van der Waals surface area contributed by atoms with Gasteiger partial charge in [-0.2, -0.15) is 0 Å². The van der Waals surface area contributed by atoms with E-state index in [0.29, 0.717) is 19.4 Å². The minimum Gasteiger partial charge on any atom is -0.394 e. The van der Waals surface area contributed by atoms with Crippen LogP contribution in [0.2, 0.25) is 0 Å². The Labute approximate surface area is 231 Å². The highest BCUT2D eigenvalue weighted by molar-refractivity contribution is 8.02. The van der Waals surface area contributed by atoms with Crippen molar-refractivity contribution in [3.8, 4) is 0 Å². The van der Waals surface area contributed by atoms with E-state index in [-0.39, 0.29) is 35.0 Å². The number of aliphatic hydroxyl groups excluding tert-OH is 1. The average Bonchev–Trinajstić information content (AvgIpc) is 3.47. The van der Waals surface area contributed by atoms with Crippen LogP contribution in [0.25, 0.3) is 0 Å². The van der Waals surface area contributed by atoms with Crippen LogP contribution in [0.1, 0.15) is 72.8 Å². The Kier molecular flexibility index (Phi) is 8.25. The molecule has 3 aliphatic heterocycles. The normalized spacial score (nSPS) is 29.3. The predicted octanol–water partition coefficient (Wildman–Crippen LogP) is 3.54. The Balaban J connectivity index is 1.72. The van der Waals surface area contributed by atoms with Gasteiger partial charge >= 0.3 is 0 Å². The van der Waals surface area contributed by atoms with Crippen molar-refractivity contribution in [1.29, 1.82) is 0 Å². The Bertz CT molecular complexity index is 1040. The Morgan fingerprint density at radius 1 is 1.16 bits per heavy atom. The van der Waals surface area contributed by atoms with Gasteiger partial charge in [-0.05, 0) is 56.9 Å². The molecule has 7 nitrogen and oxygen atoms in total. The number of amides is 3. The first kappa shape index (κ1) is 28.9. The molecule has 1 aromatic rings. The van der Waals surface area contributed by atoms with E-state index in [1.165, 1.54) is 0 Å². The fourth-order valence-electron chi connectivity index (χ4n) is 7.36. The number of nitrogens with zero attached hydrogens (tertiary/aromatic N) is 1. The summed E-state index contributed by atoms with van der Waals surface area (Å²) < 4.78 is -0.665. The molecule has 0 saturated carbocycles. The Morgan fingerprint density at radius 2 is 1.84 bits per heavy atom. The zero-order chi connectivity index (χ0) is 27.9. The van der Waals surface area contributed by atoms with Crippen LogP contribution in [0.3, 0.4) is 0 Å². The monoisotopic (exact) mass is 543 g/mol. The fraction of sp³-hybridized carbons (Fsp3) is 0.700. The summed E-state index contributed by atoms with van der Waals surface area (Å²) in [7, 11) is 0. The van der Waals surface area contributed by atoms with Gasteiger partial charge in [-0.25, -0.2) is 0 Å². The topological polar surface area (TPSA) is 98.7 Å². The number of rotatable bonds is 10. The molecule has 38 heavy (non-hydrogen) atoms. The van der Waals surface area contributed by atoms with E-state index < -0.39 is 34.2 Å². The largest absolute Gasteiger partial charge is 0.394 e. The lowest BCUT2D eigenvalue weighted by atomic mass is 9.70. The molecule has 3 saturated heterocycles. The maximum atomic E-state index is 14.3. The van der Waals surface area contributed by atoms with E-state index in [0.717, 1.165) is 24.8 Å². The molecular weight excluding hydrogens is 498 g/mol. The van der Waals surface area contributed by atoms with Crippen molar-refractivity contribution < 1.29 is 19.5 Å². The molecule has 3 N–H and O–H groups in total. The SMILES string of the molecule is CCCNC(=O)[C@@H]1[C@H]2C(=O)N([C@@H](CO)Cc3ccccc3)C(C(=O)NC(C)(C)CC(C)(C)C)C23CC[C@H]1S3. The van der Waals surface area contributed by atoms with E-state index in [4.69, 9.17) is 0 Å². The summed E-state index contributed by atoms with van der Waals surface area (Å²) in [5, 5.41) is 16.9. The molecule has 4 rings (SSSR count). The summed E-state index contributed by atoms with van der Waals surface area (Å²) in [6, 6.07) is 8.48. The lowest BCUT2D eigenvalue weighted by molar-refractivity contribution is -0.143. The first-order chi connectivity index (χ1) is 17.8. The van der Waals surface area contributed by atoms with Crippen molar-refractivity contribution in [2.45, 2.75) is 101 Å². The molecule has 0 radical (unpaired) electrons. The molecule has 210 valence electrons. The van der Waals surface area contributed by atoms with Crippen molar-refractivity contribution in [3.05, 3.63) is 35.9 Å². The van der Waals surface area contributed by atoms with E-state index >= 15 is 0 Å². The number of likely N-dealkylation sites (tertiary alicyclic amines) is 1. The van der Waals surface area contributed by atoms with Gasteiger partial charge in [0.2, 0.25) is 17.7 Å². The van der Waals surface area contributed by atoms with E-state index in [1.807, 2.05) is 51.1 Å². The minimum atomic E-state index is -0.737. The van der Waals surface area contributed by atoms with Gasteiger partial charge in [0.15, 0.2) is 0 Å². The maximum Gasteiger partial charge on any atom is 0.244 e. The molecule has 0 aromatic heterocycles. The summed E-state index contributed by atoms with van der Waals surface area (Å²) in [6.07, 6.45) is 3.57. The van der Waals surface area contributed by atoms with Gasteiger partial charge in [0.25, 0.3) is 0 Å². The summed E-state index contributed by atoms with van der Waals surface area (Å²) in [5.74, 6) is -1.44. The number of hydrogen-bond donors (Lipinski definition) is 3. The summed E-state index contributed by atoms with van der Waals surface area (Å²) in [4.78, 5) is 43.5. The average molecular weight is 544 g/mol. The van der Waals surface area contributed by atoms with Gasteiger partial charge in [-0.15, -0.1) is 11.8 Å². The van der Waals surface area contributed by atoms with Crippen LogP contribution in [0, 0.1) is 17.3 Å². The molecular formula is C30H45N3O4S. The minimum absolute atomic E-state index is 0.00670. The summed E-state index contributed by atoms with van der Waals surface area (Å²) in [5.41, 5.74) is 0.522. The predicted molar refractivity (Wildman–Crippen MR) is 152 cm³/mol. The van der Waals surface area contributed by atoms with E-state index in [2.05, 4.69) is 31.4 Å². The highest BCUT2D eigenvalue weighted by atomic mass is 32.2.